The number of ether oxygens (including phenoxy) is 1. The number of rotatable bonds is 9. The van der Waals surface area contributed by atoms with Gasteiger partial charge in [-0.1, -0.05) is 35.9 Å². The lowest BCUT2D eigenvalue weighted by molar-refractivity contribution is 0.0542. The van der Waals surface area contributed by atoms with Crippen LogP contribution >= 0.6 is 22.9 Å². The van der Waals surface area contributed by atoms with Crippen molar-refractivity contribution in [1.29, 1.82) is 0 Å². The number of hydrogen-bond acceptors (Lipinski definition) is 4. The van der Waals surface area contributed by atoms with Crippen LogP contribution in [0.4, 0.5) is 4.39 Å². The van der Waals surface area contributed by atoms with Gasteiger partial charge in [0.15, 0.2) is 0 Å². The Balaban J connectivity index is 1.10. The van der Waals surface area contributed by atoms with E-state index in [1.807, 2.05) is 23.5 Å². The lowest BCUT2D eigenvalue weighted by Gasteiger charge is -2.34. The molecule has 2 aliphatic heterocycles. The van der Waals surface area contributed by atoms with Gasteiger partial charge in [-0.25, -0.2) is 4.39 Å². The smallest absolute Gasteiger partial charge is 0.123 e. The molecule has 0 amide bonds. The summed E-state index contributed by atoms with van der Waals surface area (Å²) in [5, 5.41) is 5.35. The minimum Gasteiger partial charge on any atom is -0.376 e. The average Bonchev–Trinajstić information content (AvgIpc) is 3.53. The maximum atomic E-state index is 13.1. The summed E-state index contributed by atoms with van der Waals surface area (Å²) >= 11 is 7.89. The molecular formula is C29H34ClFN2OS. The number of benzene rings is 2. The number of piperidine rings is 1. The third-order valence-electron chi connectivity index (χ3n) is 7.54. The second kappa shape index (κ2) is 12.0. The summed E-state index contributed by atoms with van der Waals surface area (Å²) in [4.78, 5) is 5.29. The Morgan fingerprint density at radius 1 is 0.914 bits per heavy atom. The zero-order valence-electron chi connectivity index (χ0n) is 20.1. The Hall–Kier alpha value is -1.76. The molecule has 3 aromatic rings. The number of halogens is 2. The van der Waals surface area contributed by atoms with Crippen LogP contribution in [-0.2, 0) is 17.9 Å². The van der Waals surface area contributed by atoms with Gasteiger partial charge in [-0.15, -0.1) is 0 Å². The summed E-state index contributed by atoms with van der Waals surface area (Å²) in [7, 11) is 0. The number of hydrogen-bond donors (Lipinski definition) is 0. The van der Waals surface area contributed by atoms with Gasteiger partial charge in [-0.3, -0.25) is 4.90 Å². The molecule has 0 spiro atoms. The van der Waals surface area contributed by atoms with Gasteiger partial charge in [0.05, 0.1) is 6.61 Å². The lowest BCUT2D eigenvalue weighted by atomic mass is 9.89. The molecule has 0 saturated carbocycles. The first kappa shape index (κ1) is 24.9. The van der Waals surface area contributed by atoms with Crippen LogP contribution in [0.1, 0.15) is 35.4 Å². The van der Waals surface area contributed by atoms with E-state index < -0.39 is 0 Å². The molecular weight excluding hydrogens is 479 g/mol. The van der Waals surface area contributed by atoms with Crippen molar-refractivity contribution in [2.45, 2.75) is 31.9 Å². The van der Waals surface area contributed by atoms with E-state index in [2.05, 4.69) is 38.8 Å². The fourth-order valence-corrected chi connectivity index (χ4v) is 6.43. The summed E-state index contributed by atoms with van der Waals surface area (Å²) in [5.41, 5.74) is 3.87. The molecule has 2 aliphatic rings. The van der Waals surface area contributed by atoms with E-state index in [4.69, 9.17) is 16.3 Å². The minimum absolute atomic E-state index is 0.197. The van der Waals surface area contributed by atoms with Gasteiger partial charge in [-0.2, -0.15) is 11.3 Å². The molecule has 3 nitrogen and oxygen atoms in total. The van der Waals surface area contributed by atoms with E-state index in [0.717, 1.165) is 49.9 Å². The molecule has 2 aromatic carbocycles. The summed E-state index contributed by atoms with van der Waals surface area (Å²) in [6.45, 7) is 8.07. The highest BCUT2D eigenvalue weighted by molar-refractivity contribution is 7.08. The topological polar surface area (TPSA) is 15.7 Å². The predicted octanol–water partition coefficient (Wildman–Crippen LogP) is 6.69. The molecule has 1 unspecified atom stereocenters. The number of nitrogens with zero attached hydrogens (tertiary/aromatic N) is 2. The molecule has 6 heteroatoms. The molecule has 3 heterocycles. The van der Waals surface area contributed by atoms with Crippen molar-refractivity contribution >= 4 is 22.9 Å². The molecule has 2 atom stereocenters. The van der Waals surface area contributed by atoms with Crippen molar-refractivity contribution in [2.24, 2.45) is 11.8 Å². The fourth-order valence-electron chi connectivity index (χ4n) is 5.58. The van der Waals surface area contributed by atoms with Crippen LogP contribution in [-0.4, -0.2) is 49.1 Å². The molecule has 35 heavy (non-hydrogen) atoms. The van der Waals surface area contributed by atoms with Crippen molar-refractivity contribution < 1.29 is 9.13 Å². The molecule has 2 fully saturated rings. The van der Waals surface area contributed by atoms with E-state index in [1.54, 1.807) is 12.1 Å². The third-order valence-corrected chi connectivity index (χ3v) is 8.50. The van der Waals surface area contributed by atoms with Crippen LogP contribution < -0.4 is 0 Å². The Labute approximate surface area is 217 Å². The van der Waals surface area contributed by atoms with E-state index in [0.29, 0.717) is 24.4 Å². The Morgan fingerprint density at radius 2 is 1.66 bits per heavy atom. The van der Waals surface area contributed by atoms with Crippen molar-refractivity contribution in [3.63, 3.8) is 0 Å². The van der Waals surface area contributed by atoms with Crippen molar-refractivity contribution in [3.05, 3.63) is 92.9 Å². The number of likely N-dealkylation sites (tertiary alicyclic amines) is 2. The van der Waals surface area contributed by atoms with Crippen LogP contribution in [0.3, 0.4) is 0 Å². The van der Waals surface area contributed by atoms with Crippen molar-refractivity contribution in [3.8, 4) is 0 Å². The highest BCUT2D eigenvalue weighted by Crippen LogP contribution is 2.36. The second-order valence-corrected chi connectivity index (χ2v) is 11.3. The van der Waals surface area contributed by atoms with Crippen molar-refractivity contribution in [1.82, 2.24) is 9.80 Å². The summed E-state index contributed by atoms with van der Waals surface area (Å²) in [6.07, 6.45) is 2.38. The molecule has 0 bridgehead atoms. The molecule has 5 rings (SSSR count). The largest absolute Gasteiger partial charge is 0.376 e. The van der Waals surface area contributed by atoms with Crippen LogP contribution in [0, 0.1) is 17.7 Å². The quantitative estimate of drug-likeness (QED) is 0.318. The summed E-state index contributed by atoms with van der Waals surface area (Å²) in [6, 6.07) is 17.2. The fraction of sp³-hybridized carbons (Fsp3) is 0.448. The second-order valence-electron chi connectivity index (χ2n) is 10.1. The zero-order chi connectivity index (χ0) is 24.0. The van der Waals surface area contributed by atoms with Crippen LogP contribution in [0.25, 0.3) is 0 Å². The highest BCUT2D eigenvalue weighted by atomic mass is 35.5. The Kier molecular flexibility index (Phi) is 8.53. The monoisotopic (exact) mass is 512 g/mol. The van der Waals surface area contributed by atoms with Gasteiger partial charge in [0, 0.05) is 43.7 Å². The molecule has 0 N–H and O–H groups in total. The number of thiophene rings is 1. The molecule has 0 radical (unpaired) electrons. The molecule has 1 aromatic heterocycles. The van der Waals surface area contributed by atoms with Gasteiger partial charge < -0.3 is 9.64 Å². The maximum absolute atomic E-state index is 13.1. The maximum Gasteiger partial charge on any atom is 0.123 e. The van der Waals surface area contributed by atoms with Crippen LogP contribution in [0.2, 0.25) is 5.02 Å². The van der Waals surface area contributed by atoms with Gasteiger partial charge in [0.25, 0.3) is 0 Å². The predicted molar refractivity (Wildman–Crippen MR) is 142 cm³/mol. The van der Waals surface area contributed by atoms with Crippen LogP contribution in [0.5, 0.6) is 0 Å². The normalized spacial score (nSPS) is 22.1. The summed E-state index contributed by atoms with van der Waals surface area (Å²) < 4.78 is 19.0. The van der Waals surface area contributed by atoms with Gasteiger partial charge in [-0.05, 0) is 95.5 Å². The third kappa shape index (κ3) is 6.93. The van der Waals surface area contributed by atoms with Gasteiger partial charge in [0.1, 0.15) is 5.82 Å². The van der Waals surface area contributed by atoms with Gasteiger partial charge >= 0.3 is 0 Å². The standard InChI is InChI=1S/C29H34ClFN2OS/c30-27-5-1-22(2-6-27)15-33-17-26(29(18-33)25-11-14-35-21-25)16-32-12-9-24(10-13-32)20-34-19-23-3-7-28(31)8-4-23/h1-8,11,14,21,24,26,29H,9-10,12-13,15-20H2/t26?,29-/m0/s1. The van der Waals surface area contributed by atoms with E-state index in [9.17, 15) is 4.39 Å². The van der Waals surface area contributed by atoms with E-state index >= 15 is 0 Å². The first-order chi connectivity index (χ1) is 17.1. The minimum atomic E-state index is -0.197. The first-order valence-electron chi connectivity index (χ1n) is 12.7. The SMILES string of the molecule is Fc1ccc(COCC2CCN(CC3CN(Cc4ccc(Cl)cc4)C[C@H]3c3ccsc3)CC2)cc1. The van der Waals surface area contributed by atoms with Crippen molar-refractivity contribution in [2.75, 3.05) is 39.3 Å². The average molecular weight is 513 g/mol. The van der Waals surface area contributed by atoms with E-state index in [-0.39, 0.29) is 5.82 Å². The Morgan fingerprint density at radius 3 is 2.37 bits per heavy atom. The van der Waals surface area contributed by atoms with Gasteiger partial charge in [0.2, 0.25) is 0 Å². The molecule has 2 saturated heterocycles. The zero-order valence-corrected chi connectivity index (χ0v) is 21.7. The lowest BCUT2D eigenvalue weighted by Crippen LogP contribution is -2.39. The van der Waals surface area contributed by atoms with E-state index in [1.165, 1.54) is 42.6 Å². The molecule has 186 valence electrons. The Bertz CT molecular complexity index is 1040. The first-order valence-corrected chi connectivity index (χ1v) is 14.0. The van der Waals surface area contributed by atoms with Crippen LogP contribution in [0.15, 0.2) is 65.4 Å². The molecule has 0 aliphatic carbocycles. The summed E-state index contributed by atoms with van der Waals surface area (Å²) in [5.74, 6) is 1.68. The highest BCUT2D eigenvalue weighted by Gasteiger charge is 2.35.